The van der Waals surface area contributed by atoms with Crippen LogP contribution in [-0.4, -0.2) is 29.2 Å². The van der Waals surface area contributed by atoms with Crippen LogP contribution in [0, 0.1) is 6.92 Å². The lowest BCUT2D eigenvalue weighted by atomic mass is 9.77. The molecule has 26 heavy (non-hydrogen) atoms. The number of amides is 1. The minimum absolute atomic E-state index is 0.0783. The van der Waals surface area contributed by atoms with Gasteiger partial charge in [0.15, 0.2) is 5.13 Å². The first kappa shape index (κ1) is 19.1. The van der Waals surface area contributed by atoms with Gasteiger partial charge in [0.1, 0.15) is 0 Å². The number of aromatic nitrogens is 1. The number of nitrogens with zero attached hydrogens (tertiary/aromatic N) is 1. The summed E-state index contributed by atoms with van der Waals surface area (Å²) in [7, 11) is -0.433. The Bertz CT molecular complexity index is 803. The lowest BCUT2D eigenvalue weighted by molar-refractivity contribution is -0.117. The standard InChI is InChI=1S/C19H25BN2O3S/c1-12-11-21-17(26-12)22-16(23)13(2)14-8-7-9-15(10-14)20-24-18(3,4)19(5,6)25-20/h7-11,13H,1-6H3,(H,21,22,23). The molecule has 0 radical (unpaired) electrons. The van der Waals surface area contributed by atoms with E-state index in [9.17, 15) is 4.79 Å². The summed E-state index contributed by atoms with van der Waals surface area (Å²) in [4.78, 5) is 17.8. The summed E-state index contributed by atoms with van der Waals surface area (Å²) in [5, 5.41) is 3.51. The first-order chi connectivity index (χ1) is 12.1. The third kappa shape index (κ3) is 3.70. The van der Waals surface area contributed by atoms with Crippen LogP contribution in [0.2, 0.25) is 0 Å². The fourth-order valence-corrected chi connectivity index (χ4v) is 3.40. The molecule has 2 aromatic rings. The second kappa shape index (κ2) is 6.80. The van der Waals surface area contributed by atoms with Crippen LogP contribution >= 0.6 is 11.3 Å². The van der Waals surface area contributed by atoms with Gasteiger partial charge in [-0.25, -0.2) is 4.98 Å². The summed E-state index contributed by atoms with van der Waals surface area (Å²) >= 11 is 1.47. The van der Waals surface area contributed by atoms with E-state index in [1.807, 2.05) is 65.8 Å². The van der Waals surface area contributed by atoms with Crippen molar-refractivity contribution in [2.45, 2.75) is 58.7 Å². The molecule has 3 rings (SSSR count). The number of aryl methyl sites for hydroxylation is 1. The van der Waals surface area contributed by atoms with E-state index in [0.29, 0.717) is 5.13 Å². The van der Waals surface area contributed by atoms with Gasteiger partial charge in [0.05, 0.1) is 17.1 Å². The van der Waals surface area contributed by atoms with Crippen LogP contribution in [0.15, 0.2) is 30.5 Å². The predicted octanol–water partition coefficient (Wildman–Crippen LogP) is 3.49. The Morgan fingerprint density at radius 1 is 1.23 bits per heavy atom. The van der Waals surface area contributed by atoms with Crippen molar-refractivity contribution in [3.63, 3.8) is 0 Å². The minimum Gasteiger partial charge on any atom is -0.399 e. The highest BCUT2D eigenvalue weighted by atomic mass is 32.1. The van der Waals surface area contributed by atoms with Gasteiger partial charge in [0.25, 0.3) is 0 Å². The van der Waals surface area contributed by atoms with Crippen molar-refractivity contribution >= 4 is 35.0 Å². The van der Waals surface area contributed by atoms with E-state index in [-0.39, 0.29) is 23.0 Å². The zero-order valence-electron chi connectivity index (χ0n) is 16.1. The van der Waals surface area contributed by atoms with Gasteiger partial charge in [-0.05, 0) is 52.6 Å². The van der Waals surface area contributed by atoms with Crippen molar-refractivity contribution in [3.05, 3.63) is 40.9 Å². The number of benzene rings is 1. The third-order valence-corrected chi connectivity index (χ3v) is 6.01. The largest absolute Gasteiger partial charge is 0.494 e. The molecule has 1 unspecified atom stereocenters. The van der Waals surface area contributed by atoms with Crippen LogP contribution in [0.3, 0.4) is 0 Å². The Balaban J connectivity index is 1.76. The van der Waals surface area contributed by atoms with E-state index in [4.69, 9.17) is 9.31 Å². The molecule has 1 fully saturated rings. The number of hydrogen-bond donors (Lipinski definition) is 1. The van der Waals surface area contributed by atoms with E-state index in [1.54, 1.807) is 6.20 Å². The summed E-state index contributed by atoms with van der Waals surface area (Å²) in [6, 6.07) is 7.85. The number of rotatable bonds is 4. The molecule has 1 aromatic carbocycles. The zero-order chi connectivity index (χ0) is 19.1. The van der Waals surface area contributed by atoms with Gasteiger partial charge in [-0.1, -0.05) is 24.3 Å². The quantitative estimate of drug-likeness (QED) is 0.835. The number of hydrogen-bond acceptors (Lipinski definition) is 5. The minimum atomic E-state index is -0.433. The molecule has 1 N–H and O–H groups in total. The molecule has 5 nitrogen and oxygen atoms in total. The molecular formula is C19H25BN2O3S. The van der Waals surface area contributed by atoms with Gasteiger partial charge in [-0.2, -0.15) is 0 Å². The normalized spacial score (nSPS) is 19.4. The van der Waals surface area contributed by atoms with Gasteiger partial charge in [0.2, 0.25) is 5.91 Å². The van der Waals surface area contributed by atoms with Crippen molar-refractivity contribution in [3.8, 4) is 0 Å². The van der Waals surface area contributed by atoms with E-state index in [1.165, 1.54) is 11.3 Å². The average Bonchev–Trinajstić information content (AvgIpc) is 3.06. The lowest BCUT2D eigenvalue weighted by Gasteiger charge is -2.32. The van der Waals surface area contributed by atoms with Gasteiger partial charge >= 0.3 is 7.12 Å². The Morgan fingerprint density at radius 3 is 2.46 bits per heavy atom. The number of nitrogens with one attached hydrogen (secondary N) is 1. The lowest BCUT2D eigenvalue weighted by Crippen LogP contribution is -2.41. The molecule has 0 aliphatic carbocycles. The number of carbonyl (C=O) groups is 1. The molecule has 1 saturated heterocycles. The highest BCUT2D eigenvalue weighted by molar-refractivity contribution is 7.15. The van der Waals surface area contributed by atoms with Gasteiger partial charge in [0, 0.05) is 11.1 Å². The predicted molar refractivity (Wildman–Crippen MR) is 106 cm³/mol. The summed E-state index contributed by atoms with van der Waals surface area (Å²) in [6.45, 7) is 12.0. The smallest absolute Gasteiger partial charge is 0.399 e. The molecule has 1 atom stereocenters. The van der Waals surface area contributed by atoms with Crippen LogP contribution in [0.4, 0.5) is 5.13 Å². The van der Waals surface area contributed by atoms with Crippen molar-refractivity contribution in [1.29, 1.82) is 0 Å². The van der Waals surface area contributed by atoms with E-state index in [0.717, 1.165) is 15.9 Å². The van der Waals surface area contributed by atoms with Crippen LogP contribution < -0.4 is 10.8 Å². The van der Waals surface area contributed by atoms with Gasteiger partial charge < -0.3 is 14.6 Å². The SMILES string of the molecule is Cc1cnc(NC(=O)C(C)c2cccc(B3OC(C)(C)C(C)(C)O3)c2)s1. The third-order valence-electron chi connectivity index (χ3n) is 5.18. The molecule has 138 valence electrons. The molecule has 1 aliphatic rings. The molecule has 0 bridgehead atoms. The highest BCUT2D eigenvalue weighted by Gasteiger charge is 2.51. The van der Waals surface area contributed by atoms with Crippen molar-refractivity contribution in [2.75, 3.05) is 5.32 Å². The number of anilines is 1. The topological polar surface area (TPSA) is 60.5 Å². The van der Waals surface area contributed by atoms with Crippen molar-refractivity contribution in [1.82, 2.24) is 4.98 Å². The maximum Gasteiger partial charge on any atom is 0.494 e. The fourth-order valence-electron chi connectivity index (χ4n) is 2.73. The molecular weight excluding hydrogens is 347 g/mol. The maximum absolute atomic E-state index is 12.6. The van der Waals surface area contributed by atoms with E-state index >= 15 is 0 Å². The van der Waals surface area contributed by atoms with Gasteiger partial charge in [-0.3, -0.25) is 4.79 Å². The summed E-state index contributed by atoms with van der Waals surface area (Å²) < 4.78 is 12.2. The second-order valence-corrected chi connectivity index (χ2v) is 8.98. The van der Waals surface area contributed by atoms with E-state index < -0.39 is 7.12 Å². The van der Waals surface area contributed by atoms with Crippen molar-refractivity contribution < 1.29 is 14.1 Å². The summed E-state index contributed by atoms with van der Waals surface area (Å²) in [5.74, 6) is -0.382. The Kier molecular flexibility index (Phi) is 4.99. The Labute approximate surface area is 159 Å². The first-order valence-electron chi connectivity index (χ1n) is 8.78. The average molecular weight is 372 g/mol. The molecule has 1 aliphatic heterocycles. The Morgan fingerprint density at radius 2 is 1.88 bits per heavy atom. The van der Waals surface area contributed by atoms with E-state index in [2.05, 4.69) is 10.3 Å². The molecule has 0 saturated carbocycles. The molecule has 1 aromatic heterocycles. The fraction of sp³-hybridized carbons (Fsp3) is 0.474. The highest BCUT2D eigenvalue weighted by Crippen LogP contribution is 2.36. The Hall–Kier alpha value is -1.70. The second-order valence-electron chi connectivity index (χ2n) is 7.75. The van der Waals surface area contributed by atoms with Crippen LogP contribution in [0.1, 0.15) is 51.0 Å². The van der Waals surface area contributed by atoms with Crippen LogP contribution in [0.25, 0.3) is 0 Å². The first-order valence-corrected chi connectivity index (χ1v) is 9.59. The summed E-state index contributed by atoms with van der Waals surface area (Å²) in [6.07, 6.45) is 1.75. The zero-order valence-corrected chi connectivity index (χ0v) is 16.9. The molecule has 1 amide bonds. The molecule has 2 heterocycles. The monoisotopic (exact) mass is 372 g/mol. The number of thiazole rings is 1. The van der Waals surface area contributed by atoms with Crippen molar-refractivity contribution in [2.24, 2.45) is 0 Å². The molecule has 7 heteroatoms. The van der Waals surface area contributed by atoms with Crippen LogP contribution in [-0.2, 0) is 14.1 Å². The summed E-state index contributed by atoms with van der Waals surface area (Å²) in [5.41, 5.74) is 1.06. The molecule has 0 spiro atoms. The number of carbonyl (C=O) groups excluding carboxylic acids is 1. The maximum atomic E-state index is 12.6. The van der Waals surface area contributed by atoms with Crippen LogP contribution in [0.5, 0.6) is 0 Å². The van der Waals surface area contributed by atoms with Gasteiger partial charge in [-0.15, -0.1) is 11.3 Å².